The lowest BCUT2D eigenvalue weighted by Crippen LogP contribution is -2.29. The smallest absolute Gasteiger partial charge is 0.274 e. The van der Waals surface area contributed by atoms with Crippen LogP contribution < -0.4 is 5.32 Å². The van der Waals surface area contributed by atoms with E-state index in [1.165, 1.54) is 4.31 Å². The summed E-state index contributed by atoms with van der Waals surface area (Å²) in [6.45, 7) is 2.70. The quantitative estimate of drug-likeness (QED) is 0.662. The van der Waals surface area contributed by atoms with Crippen molar-refractivity contribution in [2.75, 3.05) is 25.0 Å². The molecule has 1 aliphatic rings. The third-order valence-corrected chi connectivity index (χ3v) is 5.25. The molecule has 0 amide bonds. The molecule has 21 heavy (non-hydrogen) atoms. The van der Waals surface area contributed by atoms with Gasteiger partial charge in [0.1, 0.15) is 4.90 Å². The molecule has 1 saturated heterocycles. The molecule has 9 heteroatoms. The Kier molecular flexibility index (Phi) is 4.43. The molecule has 0 saturated carbocycles. The van der Waals surface area contributed by atoms with Crippen molar-refractivity contribution >= 4 is 21.4 Å². The first-order valence-corrected chi connectivity index (χ1v) is 8.04. The molecule has 0 radical (unpaired) electrons. The summed E-state index contributed by atoms with van der Waals surface area (Å²) in [7, 11) is -3.99. The fourth-order valence-electron chi connectivity index (χ4n) is 2.33. The molecule has 1 fully saturated rings. The molecular weight excluding hydrogens is 301 g/mol. The number of benzene rings is 1. The second kappa shape index (κ2) is 5.94. The van der Waals surface area contributed by atoms with Crippen molar-refractivity contribution < 1.29 is 17.7 Å². The van der Waals surface area contributed by atoms with Gasteiger partial charge in [0.25, 0.3) is 5.69 Å². The van der Waals surface area contributed by atoms with Crippen LogP contribution in [0.1, 0.15) is 19.8 Å². The van der Waals surface area contributed by atoms with Crippen LogP contribution in [-0.2, 0) is 10.0 Å². The van der Waals surface area contributed by atoms with Crippen LogP contribution in [-0.4, -0.2) is 37.3 Å². The highest BCUT2D eigenvalue weighted by Crippen LogP contribution is 2.33. The second-order valence-corrected chi connectivity index (χ2v) is 6.58. The molecule has 1 N–H and O–H groups in total. The van der Waals surface area contributed by atoms with E-state index in [-0.39, 0.29) is 5.69 Å². The standard InChI is InChI=1S/C12H16FN3O4S/c1-2-14-11-8-9(16(17)18)7-10(13)12(11)21(19,20)15-5-3-4-6-15/h7-8,14H,2-6H2,1H3. The number of nitro benzene ring substituents is 1. The molecular formula is C12H16FN3O4S. The van der Waals surface area contributed by atoms with Gasteiger partial charge in [0.2, 0.25) is 10.0 Å². The number of nitro groups is 1. The number of anilines is 1. The molecule has 1 heterocycles. The predicted octanol–water partition coefficient (Wildman–Crippen LogP) is 1.95. The minimum absolute atomic E-state index is 0.0731. The van der Waals surface area contributed by atoms with Gasteiger partial charge in [-0.15, -0.1) is 0 Å². The molecule has 0 unspecified atom stereocenters. The van der Waals surface area contributed by atoms with Crippen molar-refractivity contribution in [1.29, 1.82) is 0 Å². The summed E-state index contributed by atoms with van der Waals surface area (Å²) >= 11 is 0. The zero-order chi connectivity index (χ0) is 15.6. The maximum absolute atomic E-state index is 14.2. The molecule has 0 atom stereocenters. The van der Waals surface area contributed by atoms with Crippen LogP contribution in [0, 0.1) is 15.9 Å². The van der Waals surface area contributed by atoms with Crippen LogP contribution in [0.5, 0.6) is 0 Å². The zero-order valence-corrected chi connectivity index (χ0v) is 12.3. The Bertz CT molecular complexity index is 657. The lowest BCUT2D eigenvalue weighted by molar-refractivity contribution is -0.385. The SMILES string of the molecule is CCNc1cc([N+](=O)[O-])cc(F)c1S(=O)(=O)N1CCCC1. The van der Waals surface area contributed by atoms with E-state index >= 15 is 0 Å². The fraction of sp³-hybridized carbons (Fsp3) is 0.500. The van der Waals surface area contributed by atoms with E-state index in [1.807, 2.05) is 0 Å². The summed E-state index contributed by atoms with van der Waals surface area (Å²) in [6, 6.07) is 1.69. The Labute approximate surface area is 122 Å². The van der Waals surface area contributed by atoms with Gasteiger partial charge in [0, 0.05) is 25.7 Å². The number of halogens is 1. The fourth-order valence-corrected chi connectivity index (χ4v) is 4.04. The summed E-state index contributed by atoms with van der Waals surface area (Å²) in [5, 5.41) is 13.5. The summed E-state index contributed by atoms with van der Waals surface area (Å²) in [5.41, 5.74) is -0.556. The van der Waals surface area contributed by atoms with E-state index < -0.39 is 31.3 Å². The van der Waals surface area contributed by atoms with Gasteiger partial charge in [-0.3, -0.25) is 10.1 Å². The Hall–Kier alpha value is -1.74. The highest BCUT2D eigenvalue weighted by atomic mass is 32.2. The lowest BCUT2D eigenvalue weighted by Gasteiger charge is -2.19. The number of hydrogen-bond donors (Lipinski definition) is 1. The van der Waals surface area contributed by atoms with Gasteiger partial charge in [0.05, 0.1) is 16.7 Å². The van der Waals surface area contributed by atoms with Crippen LogP contribution >= 0.6 is 0 Å². The first kappa shape index (κ1) is 15.6. The maximum atomic E-state index is 14.2. The minimum atomic E-state index is -3.99. The van der Waals surface area contributed by atoms with E-state index in [0.29, 0.717) is 25.7 Å². The van der Waals surface area contributed by atoms with Gasteiger partial charge in [-0.05, 0) is 19.8 Å². The summed E-state index contributed by atoms with van der Waals surface area (Å²) < 4.78 is 40.4. The number of rotatable bonds is 5. The topological polar surface area (TPSA) is 92.5 Å². The van der Waals surface area contributed by atoms with Crippen molar-refractivity contribution in [1.82, 2.24) is 4.31 Å². The largest absolute Gasteiger partial charge is 0.384 e. The van der Waals surface area contributed by atoms with Gasteiger partial charge in [-0.25, -0.2) is 12.8 Å². The molecule has 0 bridgehead atoms. The Morgan fingerprint density at radius 2 is 2.00 bits per heavy atom. The molecule has 7 nitrogen and oxygen atoms in total. The third-order valence-electron chi connectivity index (χ3n) is 3.27. The number of sulfonamides is 1. The van der Waals surface area contributed by atoms with E-state index in [2.05, 4.69) is 5.32 Å². The molecule has 1 aromatic rings. The normalized spacial score (nSPS) is 16.1. The van der Waals surface area contributed by atoms with Crippen molar-refractivity contribution in [2.45, 2.75) is 24.7 Å². The monoisotopic (exact) mass is 317 g/mol. The minimum Gasteiger partial charge on any atom is -0.384 e. The lowest BCUT2D eigenvalue weighted by atomic mass is 10.2. The predicted molar refractivity (Wildman–Crippen MR) is 75.2 cm³/mol. The molecule has 0 spiro atoms. The molecule has 2 rings (SSSR count). The average Bonchev–Trinajstić information content (AvgIpc) is 2.92. The molecule has 0 aliphatic carbocycles. The first-order chi connectivity index (χ1) is 9.87. The first-order valence-electron chi connectivity index (χ1n) is 6.60. The number of nitrogens with zero attached hydrogens (tertiary/aromatic N) is 2. The van der Waals surface area contributed by atoms with Gasteiger partial charge >= 0.3 is 0 Å². The second-order valence-electron chi connectivity index (χ2n) is 4.70. The third kappa shape index (κ3) is 2.98. The molecule has 0 aromatic heterocycles. The van der Waals surface area contributed by atoms with Crippen molar-refractivity contribution in [2.24, 2.45) is 0 Å². The Balaban J connectivity index is 2.58. The molecule has 1 aromatic carbocycles. The van der Waals surface area contributed by atoms with Crippen molar-refractivity contribution in [3.63, 3.8) is 0 Å². The number of nitrogens with one attached hydrogen (secondary N) is 1. The van der Waals surface area contributed by atoms with Crippen molar-refractivity contribution in [3.05, 3.63) is 28.1 Å². The van der Waals surface area contributed by atoms with Crippen LogP contribution in [0.25, 0.3) is 0 Å². The zero-order valence-electron chi connectivity index (χ0n) is 11.5. The highest BCUT2D eigenvalue weighted by molar-refractivity contribution is 7.89. The summed E-state index contributed by atoms with van der Waals surface area (Å²) in [6.07, 6.45) is 1.45. The Morgan fingerprint density at radius 1 is 1.38 bits per heavy atom. The van der Waals surface area contributed by atoms with Crippen LogP contribution in [0.2, 0.25) is 0 Å². The van der Waals surface area contributed by atoms with Gasteiger partial charge in [-0.2, -0.15) is 4.31 Å². The summed E-state index contributed by atoms with van der Waals surface area (Å²) in [5.74, 6) is -1.10. The van der Waals surface area contributed by atoms with Crippen LogP contribution in [0.3, 0.4) is 0 Å². The molecule has 1 aliphatic heterocycles. The van der Waals surface area contributed by atoms with E-state index in [9.17, 15) is 22.9 Å². The van der Waals surface area contributed by atoms with Gasteiger partial charge in [-0.1, -0.05) is 0 Å². The van der Waals surface area contributed by atoms with E-state index in [1.54, 1.807) is 6.92 Å². The summed E-state index contributed by atoms with van der Waals surface area (Å²) in [4.78, 5) is 9.51. The van der Waals surface area contributed by atoms with Crippen molar-refractivity contribution in [3.8, 4) is 0 Å². The maximum Gasteiger partial charge on any atom is 0.274 e. The van der Waals surface area contributed by atoms with Gasteiger partial charge < -0.3 is 5.32 Å². The van der Waals surface area contributed by atoms with Crippen LogP contribution in [0.4, 0.5) is 15.8 Å². The number of non-ortho nitro benzene ring substituents is 1. The average molecular weight is 317 g/mol. The van der Waals surface area contributed by atoms with E-state index in [4.69, 9.17) is 0 Å². The van der Waals surface area contributed by atoms with E-state index in [0.717, 1.165) is 18.9 Å². The Morgan fingerprint density at radius 3 is 2.52 bits per heavy atom. The van der Waals surface area contributed by atoms with Crippen LogP contribution in [0.15, 0.2) is 17.0 Å². The highest BCUT2D eigenvalue weighted by Gasteiger charge is 2.33. The van der Waals surface area contributed by atoms with Gasteiger partial charge in [0.15, 0.2) is 5.82 Å². The number of hydrogen-bond acceptors (Lipinski definition) is 5. The molecule has 116 valence electrons.